The number of aliphatic hydroxyl groups is 1. The summed E-state index contributed by atoms with van der Waals surface area (Å²) in [5.74, 6) is -1.93. The summed E-state index contributed by atoms with van der Waals surface area (Å²) in [4.78, 5) is 38.1. The number of aromatic nitrogens is 2. The Morgan fingerprint density at radius 2 is 2.04 bits per heavy atom. The Bertz CT molecular complexity index is 874. The highest BCUT2D eigenvalue weighted by molar-refractivity contribution is 5.97. The average molecular weight is 347 g/mol. The van der Waals surface area contributed by atoms with Crippen LogP contribution in [-0.2, 0) is 4.79 Å². The van der Waals surface area contributed by atoms with Gasteiger partial charge in [-0.05, 0) is 38.0 Å². The quantitative estimate of drug-likeness (QED) is 0.642. The number of H-pyrrole nitrogens is 1. The average Bonchev–Trinajstić information content (AvgIpc) is 3.18. The molecule has 8 heteroatoms. The van der Waals surface area contributed by atoms with Gasteiger partial charge in [0, 0.05) is 11.6 Å². The Kier molecular flexibility index (Phi) is 4.38. The van der Waals surface area contributed by atoms with Crippen LogP contribution in [0.5, 0.6) is 0 Å². The van der Waals surface area contributed by atoms with Gasteiger partial charge in [0.1, 0.15) is 0 Å². The lowest BCUT2D eigenvalue weighted by Crippen LogP contribution is -2.46. The first kappa shape index (κ1) is 17.2. The molecule has 1 aliphatic rings. The SMILES string of the molecule is CC(O)(CNC(=O)c1ccc2c(c1)[nH]c(=O)n2C1CCCC1)C(=O)O. The van der Waals surface area contributed by atoms with Gasteiger partial charge in [0.05, 0.1) is 17.6 Å². The molecule has 134 valence electrons. The van der Waals surface area contributed by atoms with Crippen molar-refractivity contribution in [3.63, 3.8) is 0 Å². The normalized spacial score (nSPS) is 17.5. The lowest BCUT2D eigenvalue weighted by atomic mass is 10.1. The zero-order valence-corrected chi connectivity index (χ0v) is 13.9. The van der Waals surface area contributed by atoms with Crippen molar-refractivity contribution in [2.45, 2.75) is 44.2 Å². The summed E-state index contributed by atoms with van der Waals surface area (Å²) in [6.07, 6.45) is 4.15. The molecule has 1 atom stereocenters. The Morgan fingerprint density at radius 3 is 2.68 bits per heavy atom. The second-order valence-corrected chi connectivity index (χ2v) is 6.73. The van der Waals surface area contributed by atoms with Gasteiger partial charge < -0.3 is 20.5 Å². The molecule has 1 aliphatic carbocycles. The summed E-state index contributed by atoms with van der Waals surface area (Å²) in [6, 6.07) is 5.06. The number of nitrogens with one attached hydrogen (secondary N) is 2. The highest BCUT2D eigenvalue weighted by Gasteiger charge is 2.30. The van der Waals surface area contributed by atoms with Crippen LogP contribution >= 0.6 is 0 Å². The molecule has 0 radical (unpaired) electrons. The van der Waals surface area contributed by atoms with Crippen LogP contribution in [0.1, 0.15) is 49.0 Å². The Morgan fingerprint density at radius 1 is 1.36 bits per heavy atom. The number of imidazole rings is 1. The van der Waals surface area contributed by atoms with E-state index in [1.54, 1.807) is 22.8 Å². The minimum Gasteiger partial charge on any atom is -0.479 e. The minimum absolute atomic E-state index is 0.187. The number of carboxylic acids is 1. The first-order valence-corrected chi connectivity index (χ1v) is 8.28. The van der Waals surface area contributed by atoms with Crippen LogP contribution in [0, 0.1) is 0 Å². The fraction of sp³-hybridized carbons (Fsp3) is 0.471. The lowest BCUT2D eigenvalue weighted by Gasteiger charge is -2.18. The molecule has 1 amide bonds. The summed E-state index contributed by atoms with van der Waals surface area (Å²) < 4.78 is 1.75. The molecule has 1 heterocycles. The van der Waals surface area contributed by atoms with Crippen LogP contribution in [0.25, 0.3) is 11.0 Å². The Labute approximate surface area is 143 Å². The number of hydrogen-bond acceptors (Lipinski definition) is 4. The predicted molar refractivity (Wildman–Crippen MR) is 90.7 cm³/mol. The van der Waals surface area contributed by atoms with Crippen molar-refractivity contribution in [2.75, 3.05) is 6.54 Å². The standard InChI is InChI=1S/C17H21N3O5/c1-17(25,15(22)23)9-18-14(21)10-6-7-13-12(8-10)19-16(24)20(13)11-4-2-3-5-11/h6-8,11,25H,2-5,9H2,1H3,(H,18,21)(H,19,24)(H,22,23). The van der Waals surface area contributed by atoms with Gasteiger partial charge in [0.2, 0.25) is 0 Å². The number of nitrogens with zero attached hydrogens (tertiary/aromatic N) is 1. The van der Waals surface area contributed by atoms with E-state index in [2.05, 4.69) is 10.3 Å². The van der Waals surface area contributed by atoms with Gasteiger partial charge in [-0.2, -0.15) is 0 Å². The summed E-state index contributed by atoms with van der Waals surface area (Å²) in [5, 5.41) is 20.9. The number of rotatable bonds is 5. The molecule has 1 aromatic heterocycles. The lowest BCUT2D eigenvalue weighted by molar-refractivity contribution is -0.155. The minimum atomic E-state index is -2.04. The van der Waals surface area contributed by atoms with E-state index in [-0.39, 0.29) is 17.3 Å². The van der Waals surface area contributed by atoms with Gasteiger partial charge in [-0.25, -0.2) is 9.59 Å². The molecule has 8 nitrogen and oxygen atoms in total. The highest BCUT2D eigenvalue weighted by Crippen LogP contribution is 2.30. The topological polar surface area (TPSA) is 124 Å². The van der Waals surface area contributed by atoms with Crippen LogP contribution in [0.4, 0.5) is 0 Å². The van der Waals surface area contributed by atoms with Gasteiger partial charge in [-0.15, -0.1) is 0 Å². The molecule has 25 heavy (non-hydrogen) atoms. The van der Waals surface area contributed by atoms with Gasteiger partial charge in [-0.3, -0.25) is 9.36 Å². The van der Waals surface area contributed by atoms with Crippen molar-refractivity contribution >= 4 is 22.9 Å². The van der Waals surface area contributed by atoms with E-state index in [1.165, 1.54) is 0 Å². The molecular formula is C17H21N3O5. The largest absolute Gasteiger partial charge is 0.479 e. The fourth-order valence-corrected chi connectivity index (χ4v) is 3.23. The van der Waals surface area contributed by atoms with E-state index >= 15 is 0 Å². The number of carbonyl (C=O) groups is 2. The maximum Gasteiger partial charge on any atom is 0.337 e. The van der Waals surface area contributed by atoms with E-state index in [4.69, 9.17) is 5.11 Å². The van der Waals surface area contributed by atoms with E-state index in [0.717, 1.165) is 38.1 Å². The highest BCUT2D eigenvalue weighted by atomic mass is 16.4. The fourth-order valence-electron chi connectivity index (χ4n) is 3.23. The second-order valence-electron chi connectivity index (χ2n) is 6.73. The van der Waals surface area contributed by atoms with Crippen molar-refractivity contribution in [3.8, 4) is 0 Å². The number of fused-ring (bicyclic) bond motifs is 1. The summed E-state index contributed by atoms with van der Waals surface area (Å²) >= 11 is 0. The maximum atomic E-state index is 12.2. The third-order valence-corrected chi connectivity index (χ3v) is 4.72. The Balaban J connectivity index is 1.83. The van der Waals surface area contributed by atoms with Crippen molar-refractivity contribution < 1.29 is 19.8 Å². The smallest absolute Gasteiger partial charge is 0.337 e. The first-order valence-electron chi connectivity index (χ1n) is 8.28. The summed E-state index contributed by atoms with van der Waals surface area (Å²) in [6.45, 7) is 0.691. The molecule has 1 unspecified atom stereocenters. The zero-order chi connectivity index (χ0) is 18.2. The zero-order valence-electron chi connectivity index (χ0n) is 13.9. The molecule has 1 aromatic carbocycles. The van der Waals surface area contributed by atoms with Gasteiger partial charge in [0.25, 0.3) is 5.91 Å². The molecule has 4 N–H and O–H groups in total. The first-order chi connectivity index (χ1) is 11.8. The van der Waals surface area contributed by atoms with Gasteiger partial charge in [0.15, 0.2) is 5.60 Å². The molecule has 0 saturated heterocycles. The third kappa shape index (κ3) is 3.30. The number of carboxylic acid groups (broad SMARTS) is 1. The third-order valence-electron chi connectivity index (χ3n) is 4.72. The molecule has 0 bridgehead atoms. The predicted octanol–water partition coefficient (Wildman–Crippen LogP) is 1.01. The van der Waals surface area contributed by atoms with E-state index in [0.29, 0.717) is 5.52 Å². The van der Waals surface area contributed by atoms with Crippen LogP contribution in [0.2, 0.25) is 0 Å². The van der Waals surface area contributed by atoms with Crippen LogP contribution in [0.15, 0.2) is 23.0 Å². The van der Waals surface area contributed by atoms with Crippen molar-refractivity contribution in [3.05, 3.63) is 34.2 Å². The molecule has 2 aromatic rings. The number of aromatic amines is 1. The van der Waals surface area contributed by atoms with Gasteiger partial charge in [-0.1, -0.05) is 12.8 Å². The second kappa shape index (κ2) is 6.36. The number of hydrogen-bond donors (Lipinski definition) is 4. The van der Waals surface area contributed by atoms with Crippen molar-refractivity contribution in [1.29, 1.82) is 0 Å². The number of carbonyl (C=O) groups excluding carboxylic acids is 1. The van der Waals surface area contributed by atoms with Crippen LogP contribution in [0.3, 0.4) is 0 Å². The molecule has 0 aliphatic heterocycles. The van der Waals surface area contributed by atoms with Crippen molar-refractivity contribution in [2.24, 2.45) is 0 Å². The summed E-state index contributed by atoms with van der Waals surface area (Å²) in [5.41, 5.74) is -0.623. The molecule has 3 rings (SSSR count). The van der Waals surface area contributed by atoms with E-state index in [1.807, 2.05) is 0 Å². The number of aliphatic carboxylic acids is 1. The monoisotopic (exact) mass is 347 g/mol. The molecule has 1 fully saturated rings. The van der Waals surface area contributed by atoms with E-state index < -0.39 is 24.0 Å². The van der Waals surface area contributed by atoms with Crippen molar-refractivity contribution in [1.82, 2.24) is 14.9 Å². The van der Waals surface area contributed by atoms with Crippen LogP contribution < -0.4 is 11.0 Å². The number of amides is 1. The van der Waals surface area contributed by atoms with Gasteiger partial charge >= 0.3 is 11.7 Å². The maximum absolute atomic E-state index is 12.2. The number of benzene rings is 1. The molecule has 0 spiro atoms. The van der Waals surface area contributed by atoms with E-state index in [9.17, 15) is 19.5 Å². The molecular weight excluding hydrogens is 326 g/mol. The summed E-state index contributed by atoms with van der Waals surface area (Å²) in [7, 11) is 0. The van der Waals surface area contributed by atoms with Crippen LogP contribution in [-0.4, -0.2) is 43.8 Å². The Hall–Kier alpha value is -2.61. The molecule has 1 saturated carbocycles.